The van der Waals surface area contributed by atoms with Gasteiger partial charge in [-0.3, -0.25) is 0 Å². The van der Waals surface area contributed by atoms with Gasteiger partial charge in [-0.2, -0.15) is 0 Å². The highest BCUT2D eigenvalue weighted by molar-refractivity contribution is 7.21. The van der Waals surface area contributed by atoms with Crippen LogP contribution in [0.2, 0.25) is 0 Å². The molecule has 0 spiro atoms. The summed E-state index contributed by atoms with van der Waals surface area (Å²) in [5.41, 5.74) is 5.72. The fraction of sp³-hybridized carbons (Fsp3) is 0.200. The summed E-state index contributed by atoms with van der Waals surface area (Å²) in [6.07, 6.45) is 0. The second-order valence-corrected chi connectivity index (χ2v) is 5.03. The lowest BCUT2D eigenvalue weighted by Crippen LogP contribution is -2.12. The van der Waals surface area contributed by atoms with E-state index >= 15 is 0 Å². The van der Waals surface area contributed by atoms with Crippen molar-refractivity contribution in [3.8, 4) is 9.75 Å². The summed E-state index contributed by atoms with van der Waals surface area (Å²) in [6.45, 7) is 0.00436. The molecule has 74 valence electrons. The summed E-state index contributed by atoms with van der Waals surface area (Å²) >= 11 is 3.36. The molecule has 0 saturated heterocycles. The molecule has 3 N–H and O–H groups in total. The maximum Gasteiger partial charge on any atom is 0.0632 e. The van der Waals surface area contributed by atoms with E-state index in [0.717, 1.165) is 4.88 Å². The predicted molar refractivity (Wildman–Crippen MR) is 61.6 cm³/mol. The van der Waals surface area contributed by atoms with Gasteiger partial charge in [0.15, 0.2) is 0 Å². The van der Waals surface area contributed by atoms with Crippen LogP contribution in [-0.2, 0) is 0 Å². The van der Waals surface area contributed by atoms with Crippen molar-refractivity contribution in [1.82, 2.24) is 0 Å². The van der Waals surface area contributed by atoms with Crippen LogP contribution in [0.3, 0.4) is 0 Å². The third kappa shape index (κ3) is 1.88. The van der Waals surface area contributed by atoms with Crippen molar-refractivity contribution in [2.45, 2.75) is 6.04 Å². The Labute approximate surface area is 90.6 Å². The van der Waals surface area contributed by atoms with Crippen molar-refractivity contribution < 1.29 is 5.11 Å². The molecule has 0 fully saturated rings. The van der Waals surface area contributed by atoms with Gasteiger partial charge >= 0.3 is 0 Å². The maximum atomic E-state index is 8.91. The number of thiophene rings is 2. The molecule has 0 aliphatic carbocycles. The lowest BCUT2D eigenvalue weighted by atomic mass is 10.3. The van der Waals surface area contributed by atoms with E-state index in [1.807, 2.05) is 12.1 Å². The molecule has 2 rings (SSSR count). The van der Waals surface area contributed by atoms with Crippen molar-refractivity contribution in [1.29, 1.82) is 0 Å². The van der Waals surface area contributed by atoms with E-state index < -0.39 is 0 Å². The number of aliphatic hydroxyl groups is 1. The van der Waals surface area contributed by atoms with E-state index in [-0.39, 0.29) is 12.6 Å². The van der Waals surface area contributed by atoms with Gasteiger partial charge in [0.2, 0.25) is 0 Å². The van der Waals surface area contributed by atoms with Crippen LogP contribution in [0.15, 0.2) is 29.6 Å². The number of hydrogen-bond donors (Lipinski definition) is 2. The minimum atomic E-state index is -0.242. The standard InChI is InChI=1S/C10H11NOS2/c11-7(6-12)8-3-4-10(14-8)9-2-1-5-13-9/h1-5,7,12H,6,11H2. The van der Waals surface area contributed by atoms with Crippen LogP contribution in [0.25, 0.3) is 9.75 Å². The lowest BCUT2D eigenvalue weighted by molar-refractivity contribution is 0.269. The number of aliphatic hydroxyl groups excluding tert-OH is 1. The Morgan fingerprint density at radius 1 is 1.29 bits per heavy atom. The van der Waals surface area contributed by atoms with Gasteiger partial charge in [0.25, 0.3) is 0 Å². The van der Waals surface area contributed by atoms with Gasteiger partial charge in [0.05, 0.1) is 12.6 Å². The van der Waals surface area contributed by atoms with Crippen LogP contribution in [-0.4, -0.2) is 11.7 Å². The molecule has 0 aliphatic rings. The Morgan fingerprint density at radius 3 is 2.79 bits per heavy atom. The third-order valence-corrected chi connectivity index (χ3v) is 4.24. The molecule has 1 unspecified atom stereocenters. The van der Waals surface area contributed by atoms with Crippen LogP contribution >= 0.6 is 22.7 Å². The largest absolute Gasteiger partial charge is 0.394 e. The zero-order chi connectivity index (χ0) is 9.97. The van der Waals surface area contributed by atoms with Crippen molar-refractivity contribution in [3.63, 3.8) is 0 Å². The van der Waals surface area contributed by atoms with Crippen LogP contribution in [0, 0.1) is 0 Å². The number of hydrogen-bond acceptors (Lipinski definition) is 4. The third-order valence-electron chi connectivity index (χ3n) is 1.95. The predicted octanol–water partition coefficient (Wildman–Crippen LogP) is 2.47. The molecule has 2 aromatic rings. The Kier molecular flexibility index (Phi) is 2.98. The highest BCUT2D eigenvalue weighted by Gasteiger charge is 2.09. The van der Waals surface area contributed by atoms with Crippen molar-refractivity contribution >= 4 is 22.7 Å². The van der Waals surface area contributed by atoms with Gasteiger partial charge in [-0.1, -0.05) is 6.07 Å². The van der Waals surface area contributed by atoms with Gasteiger partial charge in [-0.15, -0.1) is 22.7 Å². The Hall–Kier alpha value is -0.680. The average Bonchev–Trinajstić information content (AvgIpc) is 2.86. The molecular weight excluding hydrogens is 214 g/mol. The Morgan fingerprint density at radius 2 is 2.14 bits per heavy atom. The monoisotopic (exact) mass is 225 g/mol. The fourth-order valence-electron chi connectivity index (χ4n) is 1.19. The smallest absolute Gasteiger partial charge is 0.0632 e. The van der Waals surface area contributed by atoms with Crippen molar-refractivity contribution in [3.05, 3.63) is 34.5 Å². The molecule has 0 saturated carbocycles. The first-order valence-corrected chi connectivity index (χ1v) is 6.01. The molecule has 0 radical (unpaired) electrons. The van der Waals surface area contributed by atoms with E-state index in [4.69, 9.17) is 10.8 Å². The molecule has 2 nitrogen and oxygen atoms in total. The summed E-state index contributed by atoms with van der Waals surface area (Å²) in [6, 6.07) is 7.92. The second kappa shape index (κ2) is 4.23. The number of nitrogens with two attached hydrogens (primary N) is 1. The summed E-state index contributed by atoms with van der Waals surface area (Å²) in [7, 11) is 0. The first kappa shape index (κ1) is 9.86. The zero-order valence-electron chi connectivity index (χ0n) is 7.51. The van der Waals surface area contributed by atoms with E-state index in [9.17, 15) is 0 Å². The molecule has 4 heteroatoms. The molecule has 2 aromatic heterocycles. The summed E-state index contributed by atoms with van der Waals surface area (Å²) in [4.78, 5) is 3.51. The average molecular weight is 225 g/mol. The van der Waals surface area contributed by atoms with Crippen molar-refractivity contribution in [2.75, 3.05) is 6.61 Å². The van der Waals surface area contributed by atoms with Crippen LogP contribution in [0.4, 0.5) is 0 Å². The lowest BCUT2D eigenvalue weighted by Gasteiger charge is -2.02. The maximum absolute atomic E-state index is 8.91. The van der Waals surface area contributed by atoms with Gasteiger partial charge < -0.3 is 10.8 Å². The van der Waals surface area contributed by atoms with Gasteiger partial charge in [-0.25, -0.2) is 0 Å². The molecule has 0 aromatic carbocycles. The highest BCUT2D eigenvalue weighted by Crippen LogP contribution is 2.33. The van der Waals surface area contributed by atoms with E-state index in [2.05, 4.69) is 17.5 Å². The Balaban J connectivity index is 2.26. The summed E-state index contributed by atoms with van der Waals surface area (Å²) in [5, 5.41) is 11.0. The quantitative estimate of drug-likeness (QED) is 0.843. The number of rotatable bonds is 3. The van der Waals surface area contributed by atoms with Crippen molar-refractivity contribution in [2.24, 2.45) is 5.73 Å². The first-order chi connectivity index (χ1) is 6.81. The Bertz CT molecular complexity index is 394. The molecule has 1 atom stereocenters. The minimum Gasteiger partial charge on any atom is -0.394 e. The fourth-order valence-corrected chi connectivity index (χ4v) is 3.03. The zero-order valence-corrected chi connectivity index (χ0v) is 9.15. The second-order valence-electron chi connectivity index (χ2n) is 2.97. The minimum absolute atomic E-state index is 0.00436. The van der Waals surface area contributed by atoms with E-state index in [0.29, 0.717) is 0 Å². The molecule has 0 bridgehead atoms. The van der Waals surface area contributed by atoms with Gasteiger partial charge in [0.1, 0.15) is 0 Å². The summed E-state index contributed by atoms with van der Waals surface area (Å²) < 4.78 is 0. The summed E-state index contributed by atoms with van der Waals surface area (Å²) in [5.74, 6) is 0. The van der Waals surface area contributed by atoms with E-state index in [1.165, 1.54) is 9.75 Å². The normalized spacial score (nSPS) is 13.0. The van der Waals surface area contributed by atoms with Crippen LogP contribution in [0.1, 0.15) is 10.9 Å². The first-order valence-electron chi connectivity index (χ1n) is 4.31. The topological polar surface area (TPSA) is 46.2 Å². The molecular formula is C10H11NOS2. The van der Waals surface area contributed by atoms with E-state index in [1.54, 1.807) is 22.7 Å². The molecule has 2 heterocycles. The van der Waals surface area contributed by atoms with Gasteiger partial charge in [-0.05, 0) is 23.6 Å². The van der Waals surface area contributed by atoms with Crippen LogP contribution < -0.4 is 5.73 Å². The molecule has 0 aliphatic heterocycles. The highest BCUT2D eigenvalue weighted by atomic mass is 32.1. The SMILES string of the molecule is NC(CO)c1ccc(-c2cccs2)s1. The van der Waals surface area contributed by atoms with Crippen LogP contribution in [0.5, 0.6) is 0 Å². The van der Waals surface area contributed by atoms with Gasteiger partial charge in [0, 0.05) is 14.6 Å². The molecule has 14 heavy (non-hydrogen) atoms. The molecule has 0 amide bonds.